The lowest BCUT2D eigenvalue weighted by Crippen LogP contribution is -2.48. The molecule has 0 spiro atoms. The molecule has 0 aliphatic carbocycles. The normalized spacial score (nSPS) is 19.0. The third kappa shape index (κ3) is 4.03. The molecule has 0 aromatic heterocycles. The van der Waals surface area contributed by atoms with E-state index >= 15 is 0 Å². The Balaban J connectivity index is 2.15. The van der Waals surface area contributed by atoms with Gasteiger partial charge in [0.2, 0.25) is 5.91 Å². The van der Waals surface area contributed by atoms with Crippen LogP contribution in [-0.4, -0.2) is 44.5 Å². The molecule has 2 rings (SSSR count). The van der Waals surface area contributed by atoms with Crippen LogP contribution in [-0.2, 0) is 19.9 Å². The van der Waals surface area contributed by atoms with E-state index in [1.54, 1.807) is 0 Å². The molecule has 1 aliphatic heterocycles. The van der Waals surface area contributed by atoms with Crippen LogP contribution >= 0.6 is 0 Å². The quantitative estimate of drug-likeness (QED) is 0.823. The second kappa shape index (κ2) is 7.54. The van der Waals surface area contributed by atoms with Gasteiger partial charge in [-0.2, -0.15) is 0 Å². The minimum absolute atomic E-state index is 0.00134. The highest BCUT2D eigenvalue weighted by Gasteiger charge is 2.39. The maximum atomic E-state index is 11.6. The Morgan fingerprint density at radius 3 is 2.67 bits per heavy atom. The van der Waals surface area contributed by atoms with Gasteiger partial charge in [-0.1, -0.05) is 30.3 Å². The van der Waals surface area contributed by atoms with Crippen molar-refractivity contribution in [3.05, 3.63) is 35.9 Å². The number of hydrogen-bond acceptors (Lipinski definition) is 4. The fourth-order valence-corrected chi connectivity index (χ4v) is 2.80. The van der Waals surface area contributed by atoms with E-state index in [-0.39, 0.29) is 25.0 Å². The van der Waals surface area contributed by atoms with Crippen molar-refractivity contribution in [1.29, 1.82) is 0 Å². The summed E-state index contributed by atoms with van der Waals surface area (Å²) < 4.78 is 10.2. The molecule has 1 heterocycles. The smallest absolute Gasteiger partial charge is 0.246 e. The Kier molecular flexibility index (Phi) is 5.73. The molecule has 0 unspecified atom stereocenters. The minimum atomic E-state index is -1.07. The molecule has 0 radical (unpaired) electrons. The molecule has 1 atom stereocenters. The number of nitrogens with one attached hydrogen (secondary N) is 1. The number of methoxy groups -OCH3 is 1. The van der Waals surface area contributed by atoms with Crippen LogP contribution in [0.25, 0.3) is 0 Å². The number of hydrogen-bond donors (Lipinski definition) is 2. The molecular weight excluding hydrogens is 270 g/mol. The number of rotatable bonds is 6. The maximum absolute atomic E-state index is 11.6. The molecular formula is C16H23NO4. The lowest BCUT2D eigenvalue weighted by atomic mass is 9.77. The van der Waals surface area contributed by atoms with Crippen molar-refractivity contribution in [2.24, 2.45) is 5.92 Å². The molecule has 5 heteroatoms. The van der Waals surface area contributed by atoms with Crippen LogP contribution in [0, 0.1) is 5.92 Å². The van der Waals surface area contributed by atoms with Gasteiger partial charge in [0.25, 0.3) is 0 Å². The van der Waals surface area contributed by atoms with Crippen molar-refractivity contribution in [1.82, 2.24) is 5.32 Å². The van der Waals surface area contributed by atoms with Crippen LogP contribution < -0.4 is 5.32 Å². The summed E-state index contributed by atoms with van der Waals surface area (Å²) in [4.78, 5) is 11.6. The molecule has 1 fully saturated rings. The van der Waals surface area contributed by atoms with E-state index in [1.165, 1.54) is 7.11 Å². The van der Waals surface area contributed by atoms with Gasteiger partial charge in [-0.25, -0.2) is 0 Å². The molecule has 1 aromatic rings. The number of carbonyl (C=O) groups excluding carboxylic acids is 1. The molecule has 1 aromatic carbocycles. The van der Waals surface area contributed by atoms with Crippen LogP contribution in [0.3, 0.4) is 0 Å². The number of ether oxygens (including phenoxy) is 2. The third-order valence-electron chi connectivity index (χ3n) is 4.00. The van der Waals surface area contributed by atoms with Gasteiger partial charge in [-0.05, 0) is 24.3 Å². The zero-order valence-electron chi connectivity index (χ0n) is 12.4. The van der Waals surface area contributed by atoms with Crippen LogP contribution in [0.2, 0.25) is 0 Å². The van der Waals surface area contributed by atoms with Crippen molar-refractivity contribution in [2.45, 2.75) is 18.4 Å². The lowest BCUT2D eigenvalue weighted by Gasteiger charge is -2.39. The van der Waals surface area contributed by atoms with E-state index in [1.807, 2.05) is 30.3 Å². The van der Waals surface area contributed by atoms with E-state index in [0.717, 1.165) is 18.4 Å². The van der Waals surface area contributed by atoms with E-state index < -0.39 is 5.60 Å². The first-order chi connectivity index (χ1) is 10.2. The van der Waals surface area contributed by atoms with Gasteiger partial charge >= 0.3 is 0 Å². The number of amides is 1. The first-order valence-electron chi connectivity index (χ1n) is 7.28. The lowest BCUT2D eigenvalue weighted by molar-refractivity contribution is -0.127. The van der Waals surface area contributed by atoms with Crippen LogP contribution in [0.4, 0.5) is 0 Å². The van der Waals surface area contributed by atoms with Gasteiger partial charge in [0, 0.05) is 20.3 Å². The van der Waals surface area contributed by atoms with Crippen molar-refractivity contribution < 1.29 is 19.4 Å². The van der Waals surface area contributed by atoms with Crippen LogP contribution in [0.5, 0.6) is 0 Å². The van der Waals surface area contributed by atoms with Crippen LogP contribution in [0.1, 0.15) is 18.4 Å². The molecule has 5 nitrogen and oxygen atoms in total. The second-order valence-corrected chi connectivity index (χ2v) is 5.39. The fraction of sp³-hybridized carbons (Fsp3) is 0.562. The summed E-state index contributed by atoms with van der Waals surface area (Å²) in [7, 11) is 1.47. The van der Waals surface area contributed by atoms with Gasteiger partial charge in [0.05, 0.1) is 6.54 Å². The average Bonchev–Trinajstić information content (AvgIpc) is 2.54. The minimum Gasteiger partial charge on any atom is -0.383 e. The van der Waals surface area contributed by atoms with Gasteiger partial charge in [0.15, 0.2) is 0 Å². The average molecular weight is 293 g/mol. The standard InChI is InChI=1S/C16H23NO4/c1-20-11-15(18)17-12-16(19,13-5-3-2-4-6-13)14-7-9-21-10-8-14/h2-6,14,19H,7-12H2,1H3,(H,17,18)/t16-/m1/s1. The van der Waals surface area contributed by atoms with Crippen molar-refractivity contribution in [3.8, 4) is 0 Å². The van der Waals surface area contributed by atoms with Crippen molar-refractivity contribution in [3.63, 3.8) is 0 Å². The van der Waals surface area contributed by atoms with Crippen LogP contribution in [0.15, 0.2) is 30.3 Å². The van der Waals surface area contributed by atoms with E-state index in [9.17, 15) is 9.90 Å². The summed E-state index contributed by atoms with van der Waals surface area (Å²) in [5.74, 6) is -0.157. The van der Waals surface area contributed by atoms with E-state index in [4.69, 9.17) is 9.47 Å². The van der Waals surface area contributed by atoms with E-state index in [2.05, 4.69) is 5.32 Å². The van der Waals surface area contributed by atoms with E-state index in [0.29, 0.717) is 13.2 Å². The number of aliphatic hydroxyl groups is 1. The maximum Gasteiger partial charge on any atom is 0.246 e. The summed E-state index contributed by atoms with van der Waals surface area (Å²) in [6.07, 6.45) is 1.57. The SMILES string of the molecule is COCC(=O)NC[C@@](O)(c1ccccc1)C1CCOCC1. The predicted octanol–water partition coefficient (Wildman–Crippen LogP) is 1.06. The van der Waals surface area contributed by atoms with Gasteiger partial charge in [-0.15, -0.1) is 0 Å². The number of benzene rings is 1. The largest absolute Gasteiger partial charge is 0.383 e. The summed E-state index contributed by atoms with van der Waals surface area (Å²) in [5.41, 5.74) is -0.247. The monoisotopic (exact) mass is 293 g/mol. The Bertz CT molecular complexity index is 445. The molecule has 2 N–H and O–H groups in total. The van der Waals surface area contributed by atoms with Crippen molar-refractivity contribution in [2.75, 3.05) is 33.5 Å². The highest BCUT2D eigenvalue weighted by Crippen LogP contribution is 2.35. The van der Waals surface area contributed by atoms with Gasteiger partial charge < -0.3 is 19.9 Å². The summed E-state index contributed by atoms with van der Waals surface area (Å²) >= 11 is 0. The topological polar surface area (TPSA) is 67.8 Å². The Labute approximate surface area is 125 Å². The summed E-state index contributed by atoms with van der Waals surface area (Å²) in [5, 5.41) is 14.0. The first-order valence-corrected chi connectivity index (χ1v) is 7.28. The Morgan fingerprint density at radius 2 is 2.05 bits per heavy atom. The predicted molar refractivity (Wildman–Crippen MR) is 78.8 cm³/mol. The molecule has 1 amide bonds. The van der Waals surface area contributed by atoms with Gasteiger partial charge in [-0.3, -0.25) is 4.79 Å². The molecule has 0 bridgehead atoms. The summed E-state index contributed by atoms with van der Waals surface area (Å²) in [6.45, 7) is 1.47. The molecule has 0 saturated carbocycles. The third-order valence-corrected chi connectivity index (χ3v) is 4.00. The molecule has 116 valence electrons. The Morgan fingerprint density at radius 1 is 1.38 bits per heavy atom. The van der Waals surface area contributed by atoms with Crippen molar-refractivity contribution >= 4 is 5.91 Å². The zero-order valence-corrected chi connectivity index (χ0v) is 12.4. The molecule has 1 aliphatic rings. The summed E-state index contributed by atoms with van der Waals surface area (Å²) in [6, 6.07) is 9.51. The Hall–Kier alpha value is -1.43. The van der Waals surface area contributed by atoms with Gasteiger partial charge in [0.1, 0.15) is 12.2 Å². The highest BCUT2D eigenvalue weighted by atomic mass is 16.5. The zero-order chi connectivity index (χ0) is 15.1. The highest BCUT2D eigenvalue weighted by molar-refractivity contribution is 5.77. The fourth-order valence-electron chi connectivity index (χ4n) is 2.80. The number of carbonyl (C=O) groups is 1. The molecule has 21 heavy (non-hydrogen) atoms. The molecule has 1 saturated heterocycles. The second-order valence-electron chi connectivity index (χ2n) is 5.39. The first kappa shape index (κ1) is 15.9.